The smallest absolute Gasteiger partial charge is 0.423 e. The van der Waals surface area contributed by atoms with E-state index >= 15 is 4.39 Å². The Morgan fingerprint density at radius 3 is 2.67 bits per heavy atom. The fourth-order valence-electron chi connectivity index (χ4n) is 5.06. The minimum absolute atomic E-state index is 0.0423. The van der Waals surface area contributed by atoms with E-state index in [4.69, 9.17) is 5.73 Å². The molecule has 1 saturated carbocycles. The minimum atomic E-state index is -4.88. The van der Waals surface area contributed by atoms with E-state index in [1.54, 1.807) is 5.10 Å². The maximum atomic E-state index is 15.1. The standard InChI is InChI=1S/C25H22F6N8O3/c26-15-5-14-16(6-13(15)21-33-8-18(20(32)37-21)42-24(27)28)34-10-39(23(14)41)9-11-2-1-3-12(4-11)36-17-7-35-38-22(40)19(17)25(29,30)31/h5-8,10-12,24H,1-4,9H2,(H2,32,33,37)(H2,36,38,40)/t11?,12-/m0/s1. The van der Waals surface area contributed by atoms with Crippen molar-refractivity contribution >= 4 is 22.4 Å². The minimum Gasteiger partial charge on any atom is -0.429 e. The molecule has 0 aliphatic heterocycles. The average molecular weight is 596 g/mol. The van der Waals surface area contributed by atoms with E-state index < -0.39 is 58.6 Å². The van der Waals surface area contributed by atoms with Crippen LogP contribution in [-0.2, 0) is 12.7 Å². The van der Waals surface area contributed by atoms with Gasteiger partial charge in [-0.25, -0.2) is 24.4 Å². The predicted octanol–water partition coefficient (Wildman–Crippen LogP) is 3.95. The highest BCUT2D eigenvalue weighted by Crippen LogP contribution is 2.34. The molecule has 0 bridgehead atoms. The van der Waals surface area contributed by atoms with Crippen molar-refractivity contribution in [3.8, 4) is 17.1 Å². The van der Waals surface area contributed by atoms with Gasteiger partial charge in [-0.15, -0.1) is 0 Å². The van der Waals surface area contributed by atoms with E-state index in [0.717, 1.165) is 18.5 Å². The maximum absolute atomic E-state index is 15.1. The van der Waals surface area contributed by atoms with Crippen LogP contribution in [0.2, 0.25) is 0 Å². The molecule has 4 aromatic rings. The Bertz CT molecular complexity index is 1740. The number of nitrogens with one attached hydrogen (secondary N) is 2. The molecule has 5 rings (SSSR count). The van der Waals surface area contributed by atoms with Gasteiger partial charge in [0.1, 0.15) is 11.4 Å². The molecule has 0 spiro atoms. The summed E-state index contributed by atoms with van der Waals surface area (Å²) in [5.74, 6) is -2.16. The summed E-state index contributed by atoms with van der Waals surface area (Å²) in [4.78, 5) is 36.8. The van der Waals surface area contributed by atoms with Crippen LogP contribution in [0, 0.1) is 11.7 Å². The lowest BCUT2D eigenvalue weighted by atomic mass is 9.85. The second-order valence-corrected chi connectivity index (χ2v) is 9.73. The summed E-state index contributed by atoms with van der Waals surface area (Å²) in [7, 11) is 0. The Balaban J connectivity index is 1.35. The van der Waals surface area contributed by atoms with Gasteiger partial charge in [-0.3, -0.25) is 14.2 Å². The van der Waals surface area contributed by atoms with E-state index in [1.807, 2.05) is 0 Å². The summed E-state index contributed by atoms with van der Waals surface area (Å²) in [6, 6.07) is 1.78. The quantitative estimate of drug-likeness (QED) is 0.269. The molecule has 1 aliphatic carbocycles. The number of nitrogens with two attached hydrogens (primary N) is 1. The average Bonchev–Trinajstić information content (AvgIpc) is 2.91. The van der Waals surface area contributed by atoms with Crippen LogP contribution in [0.1, 0.15) is 31.2 Å². The van der Waals surface area contributed by atoms with Crippen LogP contribution in [0.5, 0.6) is 5.75 Å². The van der Waals surface area contributed by atoms with Crippen LogP contribution in [0.4, 0.5) is 37.8 Å². The van der Waals surface area contributed by atoms with E-state index in [-0.39, 0.29) is 34.8 Å². The first-order valence-electron chi connectivity index (χ1n) is 12.6. The first kappa shape index (κ1) is 28.8. The van der Waals surface area contributed by atoms with Gasteiger partial charge in [0, 0.05) is 12.6 Å². The third kappa shape index (κ3) is 5.99. The number of aromatic nitrogens is 6. The normalized spacial score (nSPS) is 17.5. The first-order chi connectivity index (χ1) is 19.9. The molecule has 17 heteroatoms. The van der Waals surface area contributed by atoms with Crippen molar-refractivity contribution in [2.75, 3.05) is 11.1 Å². The first-order valence-corrected chi connectivity index (χ1v) is 12.6. The Hall–Kier alpha value is -4.70. The highest BCUT2D eigenvalue weighted by atomic mass is 19.4. The zero-order valence-corrected chi connectivity index (χ0v) is 21.5. The monoisotopic (exact) mass is 596 g/mol. The molecule has 3 aromatic heterocycles. The van der Waals surface area contributed by atoms with Crippen molar-refractivity contribution in [2.45, 2.75) is 51.1 Å². The van der Waals surface area contributed by atoms with Crippen molar-refractivity contribution in [1.29, 1.82) is 0 Å². The Kier molecular flexibility index (Phi) is 7.74. The zero-order chi connectivity index (χ0) is 30.2. The van der Waals surface area contributed by atoms with Gasteiger partial charge in [0.25, 0.3) is 11.1 Å². The molecule has 42 heavy (non-hydrogen) atoms. The van der Waals surface area contributed by atoms with Crippen LogP contribution in [-0.4, -0.2) is 42.4 Å². The molecule has 2 atom stereocenters. The summed E-state index contributed by atoms with van der Waals surface area (Å²) in [5.41, 5.74) is 1.89. The fourth-order valence-corrected chi connectivity index (χ4v) is 5.06. The van der Waals surface area contributed by atoms with Gasteiger partial charge in [-0.2, -0.15) is 27.1 Å². The number of hydrogen-bond acceptors (Lipinski definition) is 9. The number of aromatic amines is 1. The molecule has 0 amide bonds. The predicted molar refractivity (Wildman–Crippen MR) is 137 cm³/mol. The molecule has 3 heterocycles. The largest absolute Gasteiger partial charge is 0.429 e. The summed E-state index contributed by atoms with van der Waals surface area (Å²) >= 11 is 0. The van der Waals surface area contributed by atoms with Crippen molar-refractivity contribution < 1.29 is 31.1 Å². The van der Waals surface area contributed by atoms with Crippen LogP contribution < -0.4 is 26.9 Å². The van der Waals surface area contributed by atoms with Crippen molar-refractivity contribution in [3.63, 3.8) is 0 Å². The van der Waals surface area contributed by atoms with E-state index in [1.165, 1.54) is 17.0 Å². The molecule has 222 valence electrons. The van der Waals surface area contributed by atoms with Crippen LogP contribution >= 0.6 is 0 Å². The molecule has 1 aliphatic rings. The lowest BCUT2D eigenvalue weighted by Crippen LogP contribution is -2.34. The molecule has 4 N–H and O–H groups in total. The number of fused-ring (bicyclic) bond motifs is 1. The van der Waals surface area contributed by atoms with Gasteiger partial charge in [0.05, 0.1) is 40.9 Å². The molecule has 1 fully saturated rings. The second-order valence-electron chi connectivity index (χ2n) is 9.73. The zero-order valence-electron chi connectivity index (χ0n) is 21.5. The SMILES string of the molecule is Nc1nc(-c2cc3ncn(CC4CCC[C@H](Nc5cn[nH]c(=O)c5C(F)(F)F)C4)c(=O)c3cc2F)ncc1OC(F)F. The van der Waals surface area contributed by atoms with Crippen LogP contribution in [0.15, 0.2) is 40.4 Å². The topological polar surface area (TPSA) is 154 Å². The molecule has 0 saturated heterocycles. The number of alkyl halides is 5. The number of H-pyrrole nitrogens is 1. The lowest BCUT2D eigenvalue weighted by molar-refractivity contribution is -0.138. The summed E-state index contributed by atoms with van der Waals surface area (Å²) in [5, 5.41) is 8.00. The number of benzene rings is 1. The second kappa shape index (κ2) is 11.3. The summed E-state index contributed by atoms with van der Waals surface area (Å²) < 4.78 is 85.7. The maximum Gasteiger partial charge on any atom is 0.423 e. The van der Waals surface area contributed by atoms with E-state index in [2.05, 4.69) is 30.1 Å². The highest BCUT2D eigenvalue weighted by Gasteiger charge is 2.38. The lowest BCUT2D eigenvalue weighted by Gasteiger charge is -2.31. The van der Waals surface area contributed by atoms with Gasteiger partial charge in [-0.05, 0) is 37.3 Å². The van der Waals surface area contributed by atoms with Crippen molar-refractivity contribution in [1.82, 2.24) is 29.7 Å². The third-order valence-corrected chi connectivity index (χ3v) is 6.89. The third-order valence-electron chi connectivity index (χ3n) is 6.89. The number of rotatable bonds is 7. The number of ether oxygens (including phenoxy) is 1. The van der Waals surface area contributed by atoms with E-state index in [9.17, 15) is 31.5 Å². The van der Waals surface area contributed by atoms with Crippen molar-refractivity contribution in [3.05, 3.63) is 62.9 Å². The van der Waals surface area contributed by atoms with Gasteiger partial charge >= 0.3 is 12.8 Å². The highest BCUT2D eigenvalue weighted by molar-refractivity contribution is 5.82. The number of anilines is 2. The molecule has 11 nitrogen and oxygen atoms in total. The molecule has 0 radical (unpaired) electrons. The Morgan fingerprint density at radius 2 is 1.95 bits per heavy atom. The molecule has 1 aromatic carbocycles. The summed E-state index contributed by atoms with van der Waals surface area (Å²) in [6.45, 7) is -2.98. The molecule has 1 unspecified atom stereocenters. The molecular weight excluding hydrogens is 574 g/mol. The Labute approximate surface area is 231 Å². The fraction of sp³-hybridized carbons (Fsp3) is 0.360. The number of hydrogen-bond donors (Lipinski definition) is 3. The number of nitrogen functional groups attached to an aromatic ring is 1. The van der Waals surface area contributed by atoms with Crippen molar-refractivity contribution in [2.24, 2.45) is 5.92 Å². The van der Waals surface area contributed by atoms with Gasteiger partial charge in [0.15, 0.2) is 17.4 Å². The number of halogens is 6. The Morgan fingerprint density at radius 1 is 1.17 bits per heavy atom. The molecular formula is C25H22F6N8O3. The van der Waals surface area contributed by atoms with E-state index in [0.29, 0.717) is 25.7 Å². The van der Waals surface area contributed by atoms with Crippen LogP contribution in [0.25, 0.3) is 22.3 Å². The van der Waals surface area contributed by atoms with Crippen LogP contribution in [0.3, 0.4) is 0 Å². The van der Waals surface area contributed by atoms with Gasteiger partial charge in [-0.1, -0.05) is 6.42 Å². The summed E-state index contributed by atoms with van der Waals surface area (Å²) in [6.07, 6.45) is 0.462. The van der Waals surface area contributed by atoms with Gasteiger partial charge < -0.3 is 15.8 Å². The number of nitrogens with zero attached hydrogens (tertiary/aromatic N) is 5. The van der Waals surface area contributed by atoms with Gasteiger partial charge in [0.2, 0.25) is 0 Å².